The maximum absolute atomic E-state index is 12.7. The normalized spacial score (nSPS) is 27.6. The Balaban J connectivity index is 1.13. The summed E-state index contributed by atoms with van der Waals surface area (Å²) in [4.78, 5) is 20.6. The number of nitrogens with zero attached hydrogens (tertiary/aromatic N) is 1. The van der Waals surface area contributed by atoms with Crippen LogP contribution < -0.4 is 5.32 Å². The Labute approximate surface area is 191 Å². The van der Waals surface area contributed by atoms with Gasteiger partial charge in [0.25, 0.3) is 5.91 Å². The van der Waals surface area contributed by atoms with E-state index < -0.39 is 0 Å². The van der Waals surface area contributed by atoms with Crippen LogP contribution in [0, 0.1) is 11.8 Å². The summed E-state index contributed by atoms with van der Waals surface area (Å²) < 4.78 is 6.28. The molecule has 0 spiro atoms. The van der Waals surface area contributed by atoms with Crippen LogP contribution >= 0.6 is 0 Å². The van der Waals surface area contributed by atoms with Crippen LogP contribution in [0.15, 0.2) is 36.5 Å². The van der Waals surface area contributed by atoms with Crippen LogP contribution in [0.5, 0.6) is 0 Å². The molecule has 1 amide bonds. The first-order chi connectivity index (χ1) is 15.8. The third kappa shape index (κ3) is 4.93. The molecule has 172 valence electrons. The van der Waals surface area contributed by atoms with Crippen LogP contribution in [0.25, 0.3) is 0 Å². The number of imidazole rings is 1. The molecule has 5 heteroatoms. The van der Waals surface area contributed by atoms with E-state index in [2.05, 4.69) is 45.6 Å². The summed E-state index contributed by atoms with van der Waals surface area (Å²) in [6.45, 7) is 0.744. The van der Waals surface area contributed by atoms with Gasteiger partial charge in [-0.15, -0.1) is 0 Å². The SMILES string of the molecule is O=C(NCCCCC1CCCCC1)c1cnc([C@H]2[C@@H](Cc3ccccc3)[C@@H]3CC[C@H]2O3)[nH]1. The zero-order valence-electron chi connectivity index (χ0n) is 19.1. The number of aromatic nitrogens is 2. The van der Waals surface area contributed by atoms with E-state index in [1.807, 2.05) is 0 Å². The van der Waals surface area contributed by atoms with Crippen molar-refractivity contribution < 1.29 is 9.53 Å². The number of fused-ring (bicyclic) bond motifs is 2. The molecule has 0 unspecified atom stereocenters. The molecule has 32 heavy (non-hydrogen) atoms. The monoisotopic (exact) mass is 435 g/mol. The zero-order valence-corrected chi connectivity index (χ0v) is 19.1. The minimum atomic E-state index is -0.0369. The number of hydrogen-bond acceptors (Lipinski definition) is 3. The molecule has 2 aliphatic heterocycles. The van der Waals surface area contributed by atoms with E-state index in [1.165, 1.54) is 50.5 Å². The summed E-state index contributed by atoms with van der Waals surface area (Å²) in [6.07, 6.45) is 16.1. The lowest BCUT2D eigenvalue weighted by Crippen LogP contribution is -2.28. The quantitative estimate of drug-likeness (QED) is 0.519. The summed E-state index contributed by atoms with van der Waals surface area (Å²) in [6, 6.07) is 10.6. The first-order valence-corrected chi connectivity index (χ1v) is 12.8. The average molecular weight is 436 g/mol. The van der Waals surface area contributed by atoms with Crippen LogP contribution in [0.4, 0.5) is 0 Å². The Kier molecular flexibility index (Phi) is 6.92. The van der Waals surface area contributed by atoms with Crippen molar-refractivity contribution >= 4 is 5.91 Å². The highest BCUT2D eigenvalue weighted by Crippen LogP contribution is 2.49. The molecule has 4 atom stereocenters. The highest BCUT2D eigenvalue weighted by Gasteiger charge is 2.50. The van der Waals surface area contributed by atoms with Crippen LogP contribution in [0.2, 0.25) is 0 Å². The molecular weight excluding hydrogens is 398 g/mol. The maximum atomic E-state index is 12.7. The van der Waals surface area contributed by atoms with Crippen LogP contribution in [-0.4, -0.2) is 34.6 Å². The number of carbonyl (C=O) groups excluding carboxylic acids is 1. The molecule has 3 fully saturated rings. The van der Waals surface area contributed by atoms with Gasteiger partial charge in [0.15, 0.2) is 0 Å². The minimum Gasteiger partial charge on any atom is -0.374 e. The third-order valence-corrected chi connectivity index (χ3v) is 7.94. The Morgan fingerprint density at radius 2 is 1.84 bits per heavy atom. The maximum Gasteiger partial charge on any atom is 0.269 e. The van der Waals surface area contributed by atoms with Gasteiger partial charge in [-0.1, -0.05) is 75.3 Å². The van der Waals surface area contributed by atoms with Crippen molar-refractivity contribution in [3.8, 4) is 0 Å². The molecule has 2 N–H and O–H groups in total. The number of ether oxygens (including phenoxy) is 1. The fourth-order valence-electron chi connectivity index (χ4n) is 6.25. The molecule has 1 aromatic carbocycles. The van der Waals surface area contributed by atoms with E-state index >= 15 is 0 Å². The van der Waals surface area contributed by atoms with Gasteiger partial charge in [0.2, 0.25) is 0 Å². The lowest BCUT2D eigenvalue weighted by Gasteiger charge is -2.26. The van der Waals surface area contributed by atoms with Crippen LogP contribution in [0.1, 0.15) is 92.0 Å². The minimum absolute atomic E-state index is 0.0369. The fourth-order valence-corrected chi connectivity index (χ4v) is 6.25. The Morgan fingerprint density at radius 1 is 1.03 bits per heavy atom. The number of hydrogen-bond donors (Lipinski definition) is 2. The van der Waals surface area contributed by atoms with Gasteiger partial charge in [-0.05, 0) is 37.2 Å². The molecule has 3 aliphatic rings. The van der Waals surface area contributed by atoms with E-state index in [4.69, 9.17) is 4.74 Å². The van der Waals surface area contributed by atoms with Gasteiger partial charge in [0.05, 0.1) is 18.4 Å². The van der Waals surface area contributed by atoms with Gasteiger partial charge in [0.1, 0.15) is 11.5 Å². The third-order valence-electron chi connectivity index (χ3n) is 7.94. The first-order valence-electron chi connectivity index (χ1n) is 12.8. The molecule has 2 saturated heterocycles. The number of amides is 1. The van der Waals surface area contributed by atoms with Crippen LogP contribution in [0.3, 0.4) is 0 Å². The molecule has 1 aliphatic carbocycles. The Morgan fingerprint density at radius 3 is 2.69 bits per heavy atom. The predicted octanol–water partition coefficient (Wildman–Crippen LogP) is 5.39. The smallest absolute Gasteiger partial charge is 0.269 e. The number of benzene rings is 1. The number of aromatic amines is 1. The molecule has 5 rings (SSSR count). The van der Waals surface area contributed by atoms with E-state index in [-0.39, 0.29) is 17.9 Å². The molecule has 2 bridgehead atoms. The van der Waals surface area contributed by atoms with Gasteiger partial charge in [0, 0.05) is 18.4 Å². The summed E-state index contributed by atoms with van der Waals surface area (Å²) in [7, 11) is 0. The summed E-state index contributed by atoms with van der Waals surface area (Å²) >= 11 is 0. The summed E-state index contributed by atoms with van der Waals surface area (Å²) in [5.74, 6) is 2.46. The van der Waals surface area contributed by atoms with E-state index in [1.54, 1.807) is 6.20 Å². The van der Waals surface area contributed by atoms with Crippen LogP contribution in [-0.2, 0) is 11.2 Å². The number of H-pyrrole nitrogens is 1. The van der Waals surface area contributed by atoms with Gasteiger partial charge in [-0.25, -0.2) is 4.98 Å². The predicted molar refractivity (Wildman–Crippen MR) is 126 cm³/mol. The van der Waals surface area contributed by atoms with Crippen molar-refractivity contribution in [1.29, 1.82) is 0 Å². The fraction of sp³-hybridized carbons (Fsp3) is 0.630. The first kappa shape index (κ1) is 21.7. The molecule has 1 saturated carbocycles. The highest BCUT2D eigenvalue weighted by atomic mass is 16.5. The summed E-state index contributed by atoms with van der Waals surface area (Å²) in [5.41, 5.74) is 1.92. The van der Waals surface area contributed by atoms with Crippen molar-refractivity contribution in [3.05, 3.63) is 53.6 Å². The van der Waals surface area contributed by atoms with Crippen molar-refractivity contribution in [3.63, 3.8) is 0 Å². The van der Waals surface area contributed by atoms with E-state index in [0.717, 1.165) is 44.0 Å². The molecule has 2 aromatic rings. The average Bonchev–Trinajstić information content (AvgIpc) is 3.57. The van der Waals surface area contributed by atoms with Gasteiger partial charge in [-0.2, -0.15) is 0 Å². The second-order valence-corrected chi connectivity index (χ2v) is 10.1. The standard InChI is InChI=1S/C27H37N3O2/c31-27(28-16-8-7-11-19-9-3-1-4-10-19)22-18-29-26(30-22)25-21(23-14-15-24(25)32-23)17-20-12-5-2-6-13-20/h2,5-6,12-13,18-19,21,23-25H,1,3-4,7-11,14-17H2,(H,28,31)(H,29,30)/t21-,23-,24+,25-/m0/s1. The number of nitrogens with one attached hydrogen (secondary N) is 2. The second-order valence-electron chi connectivity index (χ2n) is 10.1. The summed E-state index contributed by atoms with van der Waals surface area (Å²) in [5, 5.41) is 3.08. The van der Waals surface area contributed by atoms with Gasteiger partial charge < -0.3 is 15.0 Å². The number of unbranched alkanes of at least 4 members (excludes halogenated alkanes) is 1. The van der Waals surface area contributed by atoms with Crippen molar-refractivity contribution in [2.75, 3.05) is 6.54 Å². The molecular formula is C27H37N3O2. The van der Waals surface area contributed by atoms with Crippen molar-refractivity contribution in [2.24, 2.45) is 11.8 Å². The topological polar surface area (TPSA) is 67.0 Å². The number of carbonyl (C=O) groups is 1. The number of rotatable bonds is 9. The van der Waals surface area contributed by atoms with Crippen molar-refractivity contribution in [1.82, 2.24) is 15.3 Å². The lowest BCUT2D eigenvalue weighted by molar-refractivity contribution is 0.0904. The Bertz CT molecular complexity index is 874. The molecule has 0 radical (unpaired) electrons. The van der Waals surface area contributed by atoms with Gasteiger partial charge in [-0.3, -0.25) is 4.79 Å². The largest absolute Gasteiger partial charge is 0.374 e. The van der Waals surface area contributed by atoms with Crippen molar-refractivity contribution in [2.45, 2.75) is 88.8 Å². The van der Waals surface area contributed by atoms with E-state index in [0.29, 0.717) is 17.7 Å². The second kappa shape index (κ2) is 10.2. The lowest BCUT2D eigenvalue weighted by atomic mass is 9.76. The molecule has 1 aromatic heterocycles. The zero-order chi connectivity index (χ0) is 21.8. The van der Waals surface area contributed by atoms with E-state index in [9.17, 15) is 4.79 Å². The highest BCUT2D eigenvalue weighted by molar-refractivity contribution is 5.92. The Hall–Kier alpha value is -2.14. The molecule has 5 nitrogen and oxygen atoms in total. The van der Waals surface area contributed by atoms with Gasteiger partial charge >= 0.3 is 0 Å². The molecule has 3 heterocycles.